The van der Waals surface area contributed by atoms with Crippen LogP contribution in [0.25, 0.3) is 10.9 Å². The van der Waals surface area contributed by atoms with Crippen LogP contribution in [-0.4, -0.2) is 57.7 Å². The minimum absolute atomic E-state index is 0.0307. The van der Waals surface area contributed by atoms with Crippen LogP contribution < -0.4 is 16.0 Å². The summed E-state index contributed by atoms with van der Waals surface area (Å²) < 4.78 is 16.6. The second-order valence-electron chi connectivity index (χ2n) is 13.0. The summed E-state index contributed by atoms with van der Waals surface area (Å²) in [7, 11) is 1.21. The van der Waals surface area contributed by atoms with E-state index >= 15 is 0 Å². The van der Waals surface area contributed by atoms with E-state index in [4.69, 9.17) is 25.6 Å². The van der Waals surface area contributed by atoms with Crippen LogP contribution in [0.2, 0.25) is 5.02 Å². The number of carbonyl (C=O) groups is 4. The van der Waals surface area contributed by atoms with Crippen molar-refractivity contribution in [3.63, 3.8) is 0 Å². The van der Waals surface area contributed by atoms with E-state index in [2.05, 4.69) is 53.7 Å². The highest BCUT2D eigenvalue weighted by Crippen LogP contribution is 2.38. The van der Waals surface area contributed by atoms with Gasteiger partial charge in [-0.25, -0.2) is 9.59 Å². The van der Waals surface area contributed by atoms with Gasteiger partial charge in [-0.3, -0.25) is 9.59 Å². The normalized spacial score (nSPS) is 17.8. The Hall–Kier alpha value is -4.18. The molecule has 0 aliphatic heterocycles. The number of amides is 3. The zero-order chi connectivity index (χ0) is 36.9. The van der Waals surface area contributed by atoms with E-state index in [9.17, 15) is 19.2 Å². The number of H-pyrrole nitrogens is 1. The maximum absolute atomic E-state index is 14.7. The summed E-state index contributed by atoms with van der Waals surface area (Å²) in [5.74, 6) is -2.53. The van der Waals surface area contributed by atoms with E-state index in [1.807, 2.05) is 70.2 Å². The molecule has 2 heterocycles. The molecule has 0 radical (unpaired) electrons. The van der Waals surface area contributed by atoms with Crippen LogP contribution in [0.4, 0.5) is 4.79 Å². The lowest BCUT2D eigenvalue weighted by molar-refractivity contribution is -0.136. The highest BCUT2D eigenvalue weighted by atomic mass is 127. The molecule has 3 amide bonds. The summed E-state index contributed by atoms with van der Waals surface area (Å²) >= 11 is 8.71. The van der Waals surface area contributed by atoms with Crippen LogP contribution in [-0.2, 0) is 38.5 Å². The lowest BCUT2D eigenvalue weighted by atomic mass is 9.78. The van der Waals surface area contributed by atoms with Gasteiger partial charge < -0.3 is 34.9 Å². The number of nitrogens with one attached hydrogen (secondary N) is 4. The Kier molecular flexibility index (Phi) is 12.3. The number of hydrogen-bond acceptors (Lipinski definition) is 9. The number of halogens is 2. The van der Waals surface area contributed by atoms with Crippen molar-refractivity contribution in [2.45, 2.75) is 84.0 Å². The van der Waals surface area contributed by atoms with Gasteiger partial charge in [-0.15, -0.1) is 0 Å². The maximum atomic E-state index is 14.7. The number of hydrogen-bond donors (Lipinski definition) is 4. The number of alkyl carbamates (subject to hydrolysis) is 1. The SMILES string of the molecule is CCC(C)[C@H](NC(=O)OCc1ccccc1)C(=O)N[C@]1(C(=O)N[C@H](c2nc(C(=O)OC)no2)C(C)CC)CCc2[nH]c3c(I)cc(Cl)cc3c2C1. The van der Waals surface area contributed by atoms with Crippen molar-refractivity contribution >= 4 is 69.0 Å². The molecule has 1 aliphatic carbocycles. The molecule has 4 aromatic rings. The van der Waals surface area contributed by atoms with Crippen molar-refractivity contribution in [2.24, 2.45) is 11.8 Å². The van der Waals surface area contributed by atoms with Crippen LogP contribution in [0.5, 0.6) is 0 Å². The average Bonchev–Trinajstić information content (AvgIpc) is 3.76. The topological polar surface area (TPSA) is 178 Å². The number of ether oxygens (including phenoxy) is 2. The summed E-state index contributed by atoms with van der Waals surface area (Å²) in [6.07, 6.45) is 1.24. The maximum Gasteiger partial charge on any atom is 0.408 e. The van der Waals surface area contributed by atoms with Gasteiger partial charge in [-0.1, -0.05) is 82.5 Å². The van der Waals surface area contributed by atoms with Crippen LogP contribution >= 0.6 is 34.2 Å². The predicted molar refractivity (Wildman–Crippen MR) is 198 cm³/mol. The molecule has 15 heteroatoms. The van der Waals surface area contributed by atoms with Crippen molar-refractivity contribution in [3.8, 4) is 0 Å². The Labute approximate surface area is 314 Å². The molecule has 4 N–H and O–H groups in total. The summed E-state index contributed by atoms with van der Waals surface area (Å²) in [6.45, 7) is 7.65. The van der Waals surface area contributed by atoms with Gasteiger partial charge in [0.05, 0.1) is 12.6 Å². The second-order valence-corrected chi connectivity index (χ2v) is 14.6. The number of methoxy groups -OCH3 is 1. The molecular formula is C36H42ClIN6O7. The van der Waals surface area contributed by atoms with Crippen molar-refractivity contribution in [1.29, 1.82) is 0 Å². The summed E-state index contributed by atoms with van der Waals surface area (Å²) in [5, 5.41) is 14.1. The number of fused-ring (bicyclic) bond motifs is 3. The fourth-order valence-corrected chi connectivity index (χ4v) is 7.40. The van der Waals surface area contributed by atoms with Crippen LogP contribution in [0.3, 0.4) is 0 Å². The standard InChI is InChI=1S/C36H42ClIN6O7/c1-6-19(3)27(41-35(48)50-18-21-11-9-8-10-12-21)31(45)43-36(14-13-26-24(17-36)23-15-22(37)16-25(38)29(23)39-26)34(47)40-28(20(4)7-2)32-42-30(44-51-32)33(46)49-5/h8-12,15-16,19-20,27-28,39H,6-7,13-14,17-18H2,1-5H3,(H,40,47)(H,41,48)(H,43,45)/t19?,20?,27-,28-,36+/m0/s1. The van der Waals surface area contributed by atoms with E-state index in [-0.39, 0.29) is 43.0 Å². The second kappa shape index (κ2) is 16.4. The molecule has 1 aliphatic rings. The van der Waals surface area contributed by atoms with Crippen molar-refractivity contribution in [1.82, 2.24) is 31.1 Å². The number of esters is 1. The van der Waals surface area contributed by atoms with E-state index < -0.39 is 41.5 Å². The molecule has 0 bridgehead atoms. The Morgan fingerprint density at radius 2 is 1.80 bits per heavy atom. The van der Waals surface area contributed by atoms with Gasteiger partial charge in [0.15, 0.2) is 0 Å². The summed E-state index contributed by atoms with van der Waals surface area (Å²) in [5.41, 5.74) is 2.03. The first kappa shape index (κ1) is 38.1. The van der Waals surface area contributed by atoms with Crippen LogP contribution in [0.1, 0.15) is 86.3 Å². The molecule has 272 valence electrons. The number of carbonyl (C=O) groups excluding carboxylic acids is 4. The third-order valence-corrected chi connectivity index (χ3v) is 10.7. The quantitative estimate of drug-likeness (QED) is 0.0905. The highest BCUT2D eigenvalue weighted by Gasteiger charge is 2.47. The fourth-order valence-electron chi connectivity index (χ4n) is 6.23. The Balaban J connectivity index is 1.49. The molecule has 2 aromatic heterocycles. The number of aromatic amines is 1. The van der Waals surface area contributed by atoms with Crippen molar-refractivity contribution in [3.05, 3.63) is 79.6 Å². The fraction of sp³-hybridized carbons (Fsp3) is 0.444. The molecule has 0 saturated carbocycles. The number of nitrogens with zero attached hydrogens (tertiary/aromatic N) is 2. The molecule has 2 aromatic carbocycles. The average molecular weight is 833 g/mol. The van der Waals surface area contributed by atoms with Crippen molar-refractivity contribution in [2.75, 3.05) is 7.11 Å². The van der Waals surface area contributed by atoms with E-state index in [0.29, 0.717) is 24.3 Å². The van der Waals surface area contributed by atoms with Gasteiger partial charge in [-0.05, 0) is 75.7 Å². The summed E-state index contributed by atoms with van der Waals surface area (Å²) in [4.78, 5) is 61.9. The molecule has 5 rings (SSSR count). The zero-order valence-electron chi connectivity index (χ0n) is 29.1. The van der Waals surface area contributed by atoms with Crippen molar-refractivity contribution < 1.29 is 33.2 Å². The first-order valence-electron chi connectivity index (χ1n) is 16.9. The molecule has 51 heavy (non-hydrogen) atoms. The van der Waals surface area contributed by atoms with E-state index in [1.165, 1.54) is 7.11 Å². The highest BCUT2D eigenvalue weighted by molar-refractivity contribution is 14.1. The molecule has 2 unspecified atom stereocenters. The largest absolute Gasteiger partial charge is 0.463 e. The number of aromatic nitrogens is 3. The molecule has 0 fully saturated rings. The molecule has 0 saturated heterocycles. The van der Waals surface area contributed by atoms with Crippen LogP contribution in [0.15, 0.2) is 47.0 Å². The Morgan fingerprint density at radius 1 is 1.08 bits per heavy atom. The predicted octanol–water partition coefficient (Wildman–Crippen LogP) is 6.18. The van der Waals surface area contributed by atoms with E-state index in [1.54, 1.807) is 0 Å². The summed E-state index contributed by atoms with van der Waals surface area (Å²) in [6, 6.07) is 11.1. The molecule has 5 atom stereocenters. The number of benzene rings is 2. The van der Waals surface area contributed by atoms with Gasteiger partial charge in [0.25, 0.3) is 5.82 Å². The first-order chi connectivity index (χ1) is 24.4. The van der Waals surface area contributed by atoms with Gasteiger partial charge in [-0.2, -0.15) is 4.98 Å². The third kappa shape index (κ3) is 8.49. The van der Waals surface area contributed by atoms with Gasteiger partial charge >= 0.3 is 12.1 Å². The molecule has 0 spiro atoms. The smallest absolute Gasteiger partial charge is 0.408 e. The van der Waals surface area contributed by atoms with Gasteiger partial charge in [0.1, 0.15) is 24.2 Å². The minimum Gasteiger partial charge on any atom is -0.463 e. The van der Waals surface area contributed by atoms with Gasteiger partial charge in [0.2, 0.25) is 17.7 Å². The Bertz CT molecular complexity index is 1900. The first-order valence-corrected chi connectivity index (χ1v) is 18.4. The van der Waals surface area contributed by atoms with E-state index in [0.717, 1.165) is 31.3 Å². The minimum atomic E-state index is -1.47. The lowest BCUT2D eigenvalue weighted by Gasteiger charge is -2.39. The lowest BCUT2D eigenvalue weighted by Crippen LogP contribution is -2.65. The third-order valence-electron chi connectivity index (χ3n) is 9.65. The molecule has 13 nitrogen and oxygen atoms in total. The number of rotatable bonds is 13. The Morgan fingerprint density at radius 3 is 2.49 bits per heavy atom. The molecular weight excluding hydrogens is 791 g/mol. The monoisotopic (exact) mass is 832 g/mol. The number of aryl methyl sites for hydroxylation is 1. The van der Waals surface area contributed by atoms with Gasteiger partial charge in [0, 0.05) is 26.1 Å². The van der Waals surface area contributed by atoms with Crippen LogP contribution in [0, 0.1) is 15.4 Å². The zero-order valence-corrected chi connectivity index (χ0v) is 32.0.